The van der Waals surface area contributed by atoms with E-state index in [0.29, 0.717) is 12.0 Å². The molecule has 0 spiro atoms. The Morgan fingerprint density at radius 3 is 2.89 bits per heavy atom. The van der Waals surface area contributed by atoms with E-state index in [2.05, 4.69) is 42.5 Å². The summed E-state index contributed by atoms with van der Waals surface area (Å²) in [6.07, 6.45) is 5.75. The average molecular weight is 272 g/mol. The minimum absolute atomic E-state index is 0.366. The van der Waals surface area contributed by atoms with E-state index >= 15 is 0 Å². The smallest absolute Gasteiger partial charge is 0.0494 e. The summed E-state index contributed by atoms with van der Waals surface area (Å²) in [5, 5.41) is 3.48. The van der Waals surface area contributed by atoms with Crippen LogP contribution in [0.2, 0.25) is 0 Å². The van der Waals surface area contributed by atoms with Gasteiger partial charge in [-0.1, -0.05) is 13.0 Å². The molecule has 0 bridgehead atoms. The van der Waals surface area contributed by atoms with Gasteiger partial charge in [0.05, 0.1) is 0 Å². The molecule has 2 aromatic rings. The molecule has 0 saturated heterocycles. The Bertz CT molecular complexity index is 526. The Balaban J connectivity index is 1.87. The number of likely N-dealkylation sites (N-methyl/N-ethyl adjacent to an activating group) is 1. The van der Waals surface area contributed by atoms with Crippen molar-refractivity contribution < 1.29 is 0 Å². The van der Waals surface area contributed by atoms with Gasteiger partial charge in [-0.3, -0.25) is 4.98 Å². The second-order valence-corrected chi connectivity index (χ2v) is 6.43. The van der Waals surface area contributed by atoms with E-state index in [4.69, 9.17) is 0 Å². The van der Waals surface area contributed by atoms with Crippen LogP contribution in [0.1, 0.15) is 46.3 Å². The summed E-state index contributed by atoms with van der Waals surface area (Å²) >= 11 is 1.99. The fraction of sp³-hybridized carbons (Fsp3) is 0.438. The van der Waals surface area contributed by atoms with Crippen LogP contribution < -0.4 is 5.32 Å². The van der Waals surface area contributed by atoms with Gasteiger partial charge in [0.2, 0.25) is 0 Å². The normalized spacial score (nSPS) is 17.2. The minimum Gasteiger partial charge on any atom is -0.312 e. The molecule has 0 saturated carbocycles. The van der Waals surface area contributed by atoms with Gasteiger partial charge < -0.3 is 5.32 Å². The van der Waals surface area contributed by atoms with E-state index in [-0.39, 0.29) is 0 Å². The van der Waals surface area contributed by atoms with Crippen LogP contribution in [0.5, 0.6) is 0 Å². The summed E-state index contributed by atoms with van der Waals surface area (Å²) in [6, 6.07) is 8.94. The van der Waals surface area contributed by atoms with Gasteiger partial charge in [0.15, 0.2) is 0 Å². The Morgan fingerprint density at radius 1 is 1.32 bits per heavy atom. The largest absolute Gasteiger partial charge is 0.312 e. The van der Waals surface area contributed by atoms with Crippen LogP contribution in [-0.4, -0.2) is 12.0 Å². The predicted molar refractivity (Wildman–Crippen MR) is 80.8 cm³/mol. The van der Waals surface area contributed by atoms with E-state index < -0.39 is 0 Å². The summed E-state index contributed by atoms with van der Waals surface area (Å²) in [5.41, 5.74) is 2.74. The van der Waals surface area contributed by atoms with Crippen molar-refractivity contribution in [2.24, 2.45) is 0 Å². The van der Waals surface area contributed by atoms with Crippen LogP contribution in [0.25, 0.3) is 0 Å². The third-order valence-electron chi connectivity index (χ3n) is 4.04. The average Bonchev–Trinajstić information content (AvgIpc) is 3.02. The first-order valence-electron chi connectivity index (χ1n) is 6.99. The Morgan fingerprint density at radius 2 is 2.21 bits per heavy atom. The number of nitrogens with zero attached hydrogens (tertiary/aromatic N) is 1. The topological polar surface area (TPSA) is 24.9 Å². The van der Waals surface area contributed by atoms with Gasteiger partial charge in [-0.25, -0.2) is 0 Å². The first kappa shape index (κ1) is 12.8. The zero-order chi connectivity index (χ0) is 13.2. The molecular formula is C16H20N2S. The number of pyridine rings is 1. The van der Waals surface area contributed by atoms with Gasteiger partial charge in [-0.05, 0) is 50.1 Å². The van der Waals surface area contributed by atoms with Crippen molar-refractivity contribution in [1.29, 1.82) is 0 Å². The second-order valence-electron chi connectivity index (χ2n) is 5.26. The molecule has 19 heavy (non-hydrogen) atoms. The molecule has 2 nitrogen and oxygen atoms in total. The molecule has 0 fully saturated rings. The molecule has 3 heteroatoms. The summed E-state index contributed by atoms with van der Waals surface area (Å²) in [4.78, 5) is 7.56. The molecule has 1 N–H and O–H groups in total. The number of hydrogen-bond acceptors (Lipinski definition) is 3. The number of fused-ring (bicyclic) bond motifs is 1. The maximum absolute atomic E-state index is 4.50. The molecule has 0 aliphatic heterocycles. The number of aromatic nitrogens is 1. The first-order chi connectivity index (χ1) is 9.29. The van der Waals surface area contributed by atoms with Crippen molar-refractivity contribution in [2.45, 2.75) is 38.1 Å². The van der Waals surface area contributed by atoms with E-state index in [1.165, 1.54) is 24.1 Å². The predicted octanol–water partition coefficient (Wildman–Crippen LogP) is 3.70. The van der Waals surface area contributed by atoms with E-state index in [9.17, 15) is 0 Å². The molecule has 2 aromatic heterocycles. The number of thiophene rings is 1. The maximum atomic E-state index is 4.50. The van der Waals surface area contributed by atoms with Crippen molar-refractivity contribution >= 4 is 11.3 Å². The standard InChI is InChI=1S/C16H20N2S/c1-11(13-7-3-4-9-18-13)16(17-2)15-10-12-6-5-8-14(12)19-15/h3-4,7,9-11,16-17H,5-6,8H2,1-2H3. The van der Waals surface area contributed by atoms with Gasteiger partial charge >= 0.3 is 0 Å². The molecule has 0 radical (unpaired) electrons. The Kier molecular flexibility index (Phi) is 3.67. The van der Waals surface area contributed by atoms with Crippen LogP contribution in [-0.2, 0) is 12.8 Å². The van der Waals surface area contributed by atoms with E-state index in [1.807, 2.05) is 23.6 Å². The molecule has 100 valence electrons. The number of aryl methyl sites for hydroxylation is 2. The number of rotatable bonds is 4. The fourth-order valence-corrected chi connectivity index (χ4v) is 4.43. The Labute approximate surface area is 118 Å². The zero-order valence-electron chi connectivity index (χ0n) is 11.5. The molecular weight excluding hydrogens is 252 g/mol. The highest BCUT2D eigenvalue weighted by Crippen LogP contribution is 2.38. The molecule has 2 unspecified atom stereocenters. The highest BCUT2D eigenvalue weighted by atomic mass is 32.1. The van der Waals surface area contributed by atoms with Crippen LogP contribution in [0.15, 0.2) is 30.5 Å². The lowest BCUT2D eigenvalue weighted by Crippen LogP contribution is -2.22. The van der Waals surface area contributed by atoms with Crippen LogP contribution in [0.4, 0.5) is 0 Å². The van der Waals surface area contributed by atoms with Gasteiger partial charge in [0.25, 0.3) is 0 Å². The highest BCUT2D eigenvalue weighted by molar-refractivity contribution is 7.12. The lowest BCUT2D eigenvalue weighted by molar-refractivity contribution is 0.506. The van der Waals surface area contributed by atoms with Crippen LogP contribution in [0, 0.1) is 0 Å². The monoisotopic (exact) mass is 272 g/mol. The lowest BCUT2D eigenvalue weighted by Gasteiger charge is -2.22. The molecule has 3 rings (SSSR count). The second kappa shape index (κ2) is 5.43. The minimum atomic E-state index is 0.366. The SMILES string of the molecule is CNC(c1cc2c(s1)CCC2)C(C)c1ccccn1. The van der Waals surface area contributed by atoms with Gasteiger partial charge in [-0.2, -0.15) is 0 Å². The van der Waals surface area contributed by atoms with E-state index in [0.717, 1.165) is 5.69 Å². The molecule has 1 aliphatic carbocycles. The third-order valence-corrected chi connectivity index (χ3v) is 5.36. The molecule has 2 atom stereocenters. The third kappa shape index (κ3) is 2.45. The Hall–Kier alpha value is -1.19. The van der Waals surface area contributed by atoms with Crippen LogP contribution in [0.3, 0.4) is 0 Å². The molecule has 0 amide bonds. The quantitative estimate of drug-likeness (QED) is 0.918. The van der Waals surface area contributed by atoms with Crippen molar-refractivity contribution in [2.75, 3.05) is 7.05 Å². The van der Waals surface area contributed by atoms with Gasteiger partial charge in [0.1, 0.15) is 0 Å². The summed E-state index contributed by atoms with van der Waals surface area (Å²) < 4.78 is 0. The molecule has 1 aliphatic rings. The van der Waals surface area contributed by atoms with Crippen molar-refractivity contribution in [3.63, 3.8) is 0 Å². The highest BCUT2D eigenvalue weighted by Gasteiger charge is 2.24. The summed E-state index contributed by atoms with van der Waals surface area (Å²) in [7, 11) is 2.05. The first-order valence-corrected chi connectivity index (χ1v) is 7.81. The van der Waals surface area contributed by atoms with Gasteiger partial charge in [-0.15, -0.1) is 11.3 Å². The van der Waals surface area contributed by atoms with E-state index in [1.54, 1.807) is 10.4 Å². The molecule has 2 heterocycles. The van der Waals surface area contributed by atoms with Crippen LogP contribution >= 0.6 is 11.3 Å². The zero-order valence-corrected chi connectivity index (χ0v) is 12.3. The summed E-state index contributed by atoms with van der Waals surface area (Å²) in [6.45, 7) is 2.26. The number of nitrogens with one attached hydrogen (secondary N) is 1. The maximum Gasteiger partial charge on any atom is 0.0494 e. The fourth-order valence-electron chi connectivity index (χ4n) is 2.96. The summed E-state index contributed by atoms with van der Waals surface area (Å²) in [5.74, 6) is 0.393. The molecule has 0 aromatic carbocycles. The van der Waals surface area contributed by atoms with Gasteiger partial charge in [0, 0.05) is 33.6 Å². The van der Waals surface area contributed by atoms with Crippen molar-refractivity contribution in [1.82, 2.24) is 10.3 Å². The lowest BCUT2D eigenvalue weighted by atomic mass is 9.96. The number of hydrogen-bond donors (Lipinski definition) is 1. The van der Waals surface area contributed by atoms with Crippen molar-refractivity contribution in [3.8, 4) is 0 Å². The van der Waals surface area contributed by atoms with Crippen molar-refractivity contribution in [3.05, 3.63) is 51.5 Å².